The van der Waals surface area contributed by atoms with Gasteiger partial charge in [0.1, 0.15) is 29.0 Å². The lowest BCUT2D eigenvalue weighted by Gasteiger charge is -2.34. The van der Waals surface area contributed by atoms with Crippen LogP contribution in [0.15, 0.2) is 91.0 Å². The summed E-state index contributed by atoms with van der Waals surface area (Å²) >= 11 is 0. The third-order valence-electron chi connectivity index (χ3n) is 19.9. The Kier molecular flexibility index (Phi) is 27.8. The number of nitrogens with one attached hydrogen (secondary N) is 6. The summed E-state index contributed by atoms with van der Waals surface area (Å²) < 4.78 is 12.8. The molecule has 2 aliphatic heterocycles. The first kappa shape index (κ1) is 80.6. The topological polar surface area (TPSA) is 307 Å². The van der Waals surface area contributed by atoms with Crippen molar-refractivity contribution in [2.75, 3.05) is 161 Å². The third kappa shape index (κ3) is 21.9. The van der Waals surface area contributed by atoms with Crippen LogP contribution in [0, 0.1) is 5.41 Å². The van der Waals surface area contributed by atoms with Gasteiger partial charge in [-0.1, -0.05) is 74.4 Å². The van der Waals surface area contributed by atoms with Gasteiger partial charge in [0.2, 0.25) is 35.4 Å². The van der Waals surface area contributed by atoms with Crippen LogP contribution in [0.2, 0.25) is 0 Å². The molecule has 0 atom stereocenters. The van der Waals surface area contributed by atoms with Crippen LogP contribution in [0.3, 0.4) is 0 Å². The van der Waals surface area contributed by atoms with E-state index in [0.29, 0.717) is 76.3 Å². The summed E-state index contributed by atoms with van der Waals surface area (Å²) in [5.41, 5.74) is 18.0. The lowest BCUT2D eigenvalue weighted by atomic mass is 9.78. The van der Waals surface area contributed by atoms with Crippen molar-refractivity contribution < 1.29 is 38.2 Å². The zero-order valence-electron chi connectivity index (χ0n) is 65.4. The molecule has 3 aromatic heterocycles. The number of likely N-dealkylation sites (N-methyl/N-ethyl adjacent to an activating group) is 2. The van der Waals surface area contributed by atoms with Gasteiger partial charge in [-0.25, -0.2) is 15.0 Å². The van der Waals surface area contributed by atoms with Gasteiger partial charge < -0.3 is 85.4 Å². The summed E-state index contributed by atoms with van der Waals surface area (Å²) in [4.78, 5) is 122. The fourth-order valence-corrected chi connectivity index (χ4v) is 13.8. The van der Waals surface area contributed by atoms with Crippen molar-refractivity contribution in [3.8, 4) is 45.7 Å². The van der Waals surface area contributed by atoms with Gasteiger partial charge in [0.15, 0.2) is 0 Å². The largest absolute Gasteiger partial charge is 0.494 e. The zero-order valence-corrected chi connectivity index (χ0v) is 65.4. The van der Waals surface area contributed by atoms with Crippen LogP contribution in [0.5, 0.6) is 11.5 Å². The number of H-pyrrole nitrogens is 3. The Hall–Kier alpha value is -9.92. The first-order valence-electron chi connectivity index (χ1n) is 38.6. The minimum atomic E-state index is -0.776. The van der Waals surface area contributed by atoms with Gasteiger partial charge in [0.05, 0.1) is 79.0 Å². The Morgan fingerprint density at radius 1 is 0.509 bits per heavy atom. The molecule has 8 N–H and O–H groups in total. The van der Waals surface area contributed by atoms with E-state index in [1.54, 1.807) is 0 Å². The van der Waals surface area contributed by atoms with Gasteiger partial charge in [0.25, 0.3) is 0 Å². The molecule has 5 heterocycles. The highest BCUT2D eigenvalue weighted by Crippen LogP contribution is 2.43. The highest BCUT2D eigenvalue weighted by Gasteiger charge is 2.31. The normalized spacial score (nSPS) is 13.8. The number of primary amides is 1. The molecule has 2 fully saturated rings. The quantitative estimate of drug-likeness (QED) is 0.0141. The van der Waals surface area contributed by atoms with Crippen LogP contribution in [0.25, 0.3) is 67.3 Å². The Labute approximate surface area is 635 Å². The fraction of sp³-hybridized carbons (Fsp3) is 0.512. The average molecular weight is 1480 g/mol. The average Bonchev–Trinajstić information content (AvgIpc) is 1.40. The monoisotopic (exact) mass is 1480 g/mol. The van der Waals surface area contributed by atoms with E-state index in [1.165, 1.54) is 26.1 Å². The molecule has 0 radical (unpaired) electrons. The Morgan fingerprint density at radius 3 is 1.48 bits per heavy atom. The molecule has 5 aromatic carbocycles. The molecule has 26 nitrogen and oxygen atoms in total. The van der Waals surface area contributed by atoms with Gasteiger partial charge in [-0.15, -0.1) is 0 Å². The number of aromatic amines is 3. The molecule has 26 heteroatoms. The molecule has 0 bridgehead atoms. The molecule has 8 aromatic rings. The highest BCUT2D eigenvalue weighted by molar-refractivity contribution is 5.95. The van der Waals surface area contributed by atoms with Gasteiger partial charge in [-0.3, -0.25) is 28.8 Å². The number of benzene rings is 5. The van der Waals surface area contributed by atoms with Crippen LogP contribution in [0.1, 0.15) is 125 Å². The number of ether oxygens (including phenoxy) is 2. The lowest BCUT2D eigenvalue weighted by molar-refractivity contribution is -0.146. The number of amides is 6. The van der Waals surface area contributed by atoms with Crippen molar-refractivity contribution in [2.45, 2.75) is 125 Å². The third-order valence-corrected chi connectivity index (χ3v) is 19.9. The summed E-state index contributed by atoms with van der Waals surface area (Å²) in [6.45, 7) is 27.6. The number of carbonyl (C=O) groups is 6. The zero-order chi connectivity index (χ0) is 77.2. The van der Waals surface area contributed by atoms with Gasteiger partial charge in [-0.05, 0) is 149 Å². The van der Waals surface area contributed by atoms with E-state index >= 15 is 0 Å². The second-order valence-corrected chi connectivity index (χ2v) is 30.9. The molecule has 0 unspecified atom stereocenters. The standard InChI is InChI=1S/C82H114N18O8/c1-12-31-97(73(103)22-17-42-107-62-20-15-19-56(44-62)78-87-65-26-23-57(47-68(65)90-78)79-88-66-27-24-60(48-69(66)91-79)95-38-34-93(10)35-39-95)53-74(104)98(32-13-2)54-75(105)99(33-14-3)55-76(106)100(52-71(84)101)51-59(83)50-85-29-18-30-86-72(102)21-16-43-108-77-63(81(4,5)6)45-58(46-64(77)82(7,8)9)80-89-67-28-25-61(49-70(67)92-80)96-40-36-94(11)37-41-96/h15,19-20,23-28,44-49,83,85H,12-14,16-18,21-22,29-43,50-55H2,1-11H3,(H2,84,101)(H,86,102)(H,87,90)(H,88,91)(H,89,92). The van der Waals surface area contributed by atoms with E-state index < -0.39 is 36.7 Å². The second kappa shape index (κ2) is 37.3. The molecule has 0 spiro atoms. The summed E-state index contributed by atoms with van der Waals surface area (Å²) in [5, 5.41) is 14.9. The van der Waals surface area contributed by atoms with E-state index in [4.69, 9.17) is 35.6 Å². The summed E-state index contributed by atoms with van der Waals surface area (Å²) in [5.74, 6) is 1.20. The van der Waals surface area contributed by atoms with Gasteiger partial charge >= 0.3 is 0 Å². The number of nitrogens with zero attached hydrogens (tertiary/aromatic N) is 11. The number of rotatable bonds is 37. The molecular formula is C82H114N18O8. The minimum Gasteiger partial charge on any atom is -0.494 e. The number of piperazine rings is 2. The summed E-state index contributed by atoms with van der Waals surface area (Å²) in [7, 11) is 4.32. The van der Waals surface area contributed by atoms with Crippen molar-refractivity contribution in [1.29, 1.82) is 5.41 Å². The maximum absolute atomic E-state index is 14.1. The predicted molar refractivity (Wildman–Crippen MR) is 429 cm³/mol. The first-order chi connectivity index (χ1) is 51.7. The molecule has 2 aliphatic rings. The van der Waals surface area contributed by atoms with Crippen molar-refractivity contribution in [1.82, 2.24) is 69.9 Å². The summed E-state index contributed by atoms with van der Waals surface area (Å²) in [6, 6.07) is 31.0. The molecule has 0 saturated carbocycles. The van der Waals surface area contributed by atoms with Crippen LogP contribution in [-0.4, -0.2) is 252 Å². The lowest BCUT2D eigenvalue weighted by Crippen LogP contribution is -2.51. The smallest absolute Gasteiger partial charge is 0.243 e. The van der Waals surface area contributed by atoms with E-state index in [1.807, 2.05) is 57.2 Å². The maximum atomic E-state index is 14.1. The van der Waals surface area contributed by atoms with E-state index in [2.05, 4.69) is 155 Å². The van der Waals surface area contributed by atoms with Crippen LogP contribution >= 0.6 is 0 Å². The molecular weight excluding hydrogens is 1370 g/mol. The first-order valence-corrected chi connectivity index (χ1v) is 38.6. The number of hydrogen-bond acceptors (Lipinski definition) is 17. The van der Waals surface area contributed by atoms with Crippen molar-refractivity contribution in [3.05, 3.63) is 102 Å². The van der Waals surface area contributed by atoms with Gasteiger partial charge in [-0.2, -0.15) is 0 Å². The Bertz CT molecular complexity index is 4380. The van der Waals surface area contributed by atoms with Crippen molar-refractivity contribution in [3.63, 3.8) is 0 Å². The molecule has 0 aliphatic carbocycles. The van der Waals surface area contributed by atoms with E-state index in [0.717, 1.165) is 136 Å². The van der Waals surface area contributed by atoms with Crippen molar-refractivity contribution in [2.24, 2.45) is 5.73 Å². The van der Waals surface area contributed by atoms with E-state index in [-0.39, 0.29) is 87.1 Å². The summed E-state index contributed by atoms with van der Waals surface area (Å²) in [6.07, 6.45) is 3.54. The maximum Gasteiger partial charge on any atom is 0.243 e. The number of carbonyl (C=O) groups excluding carboxylic acids is 6. The predicted octanol–water partition coefficient (Wildman–Crippen LogP) is 9.58. The highest BCUT2D eigenvalue weighted by atomic mass is 16.5. The van der Waals surface area contributed by atoms with Crippen LogP contribution in [-0.2, 0) is 39.6 Å². The van der Waals surface area contributed by atoms with Crippen LogP contribution in [0.4, 0.5) is 11.4 Å². The van der Waals surface area contributed by atoms with Gasteiger partial charge in [0, 0.05) is 143 Å². The van der Waals surface area contributed by atoms with E-state index in [9.17, 15) is 28.8 Å². The molecule has 580 valence electrons. The number of nitrogens with two attached hydrogens (primary N) is 1. The Morgan fingerprint density at radius 2 is 0.972 bits per heavy atom. The molecule has 108 heavy (non-hydrogen) atoms. The fourth-order valence-electron chi connectivity index (χ4n) is 13.8. The molecule has 6 amide bonds. The number of aromatic nitrogens is 6. The van der Waals surface area contributed by atoms with Crippen molar-refractivity contribution >= 4 is 85.6 Å². The number of imidazole rings is 3. The molecule has 2 saturated heterocycles. The van der Waals surface area contributed by atoms with Crippen LogP contribution < -0.4 is 35.6 Å². The molecule has 10 rings (SSSR count). The second-order valence-electron chi connectivity index (χ2n) is 30.9. The number of hydrogen-bond donors (Lipinski definition) is 7. The SMILES string of the molecule is CCCN(CC(=O)N(CCC)CC(=O)N(CCC)CC(=O)N(CC(=N)CNCCCNC(=O)CCCOc1c(C(C)(C)C)cc(-c2nc3ccc(N4CCN(C)CC4)cc3[nH]2)cc1C(C)(C)C)CC(N)=O)C(=O)CCCOc1cccc(-c2nc3ccc(-c4nc5ccc(N6CCN(C)CC6)cc5[nH]4)cc3[nH]2)c1. The Balaban J connectivity index is 0.636. The number of fused-ring (bicyclic) bond motifs is 3. The number of anilines is 2. The minimum absolute atomic E-state index is 0.0959.